The standard InChI is InChI=1S/C18H27N3/c1-5-19-18(12-16-9-7-6-8-15(16)4)13-17-10-11-21(20-17)14(2)3/h6-11,14,18-19H,5,12-13H2,1-4H3. The SMILES string of the molecule is CCNC(Cc1ccn(C(C)C)n1)Cc1ccccc1C. The molecule has 3 nitrogen and oxygen atoms in total. The third kappa shape index (κ3) is 4.43. The van der Waals surface area contributed by atoms with Crippen molar-refractivity contribution in [3.8, 4) is 0 Å². The van der Waals surface area contributed by atoms with Crippen molar-refractivity contribution in [2.45, 2.75) is 52.6 Å². The van der Waals surface area contributed by atoms with Crippen molar-refractivity contribution in [1.29, 1.82) is 0 Å². The number of rotatable bonds is 7. The highest BCUT2D eigenvalue weighted by Crippen LogP contribution is 2.13. The molecular formula is C18H27N3. The van der Waals surface area contributed by atoms with E-state index < -0.39 is 0 Å². The van der Waals surface area contributed by atoms with Gasteiger partial charge >= 0.3 is 0 Å². The Kier molecular flexibility index (Phi) is 5.57. The summed E-state index contributed by atoms with van der Waals surface area (Å²) >= 11 is 0. The lowest BCUT2D eigenvalue weighted by Crippen LogP contribution is -2.33. The van der Waals surface area contributed by atoms with E-state index in [1.807, 2.05) is 4.68 Å². The van der Waals surface area contributed by atoms with E-state index in [-0.39, 0.29) is 0 Å². The Hall–Kier alpha value is -1.61. The highest BCUT2D eigenvalue weighted by atomic mass is 15.3. The van der Waals surface area contributed by atoms with E-state index in [1.54, 1.807) is 0 Å². The molecule has 0 spiro atoms. The monoisotopic (exact) mass is 285 g/mol. The first-order valence-electron chi connectivity index (χ1n) is 7.92. The molecule has 3 heteroatoms. The van der Waals surface area contributed by atoms with Gasteiger partial charge in [0, 0.05) is 24.7 Å². The van der Waals surface area contributed by atoms with E-state index in [0.717, 1.165) is 19.4 Å². The molecular weight excluding hydrogens is 258 g/mol. The van der Waals surface area contributed by atoms with E-state index in [4.69, 9.17) is 0 Å². The first kappa shape index (κ1) is 15.8. The van der Waals surface area contributed by atoms with Gasteiger partial charge in [-0.25, -0.2) is 0 Å². The summed E-state index contributed by atoms with van der Waals surface area (Å²) in [6.07, 6.45) is 4.10. The van der Waals surface area contributed by atoms with Crippen LogP contribution in [0, 0.1) is 6.92 Å². The number of aromatic nitrogens is 2. The van der Waals surface area contributed by atoms with E-state index in [1.165, 1.54) is 16.8 Å². The summed E-state index contributed by atoms with van der Waals surface area (Å²) in [5.41, 5.74) is 3.96. The Morgan fingerprint density at radius 3 is 2.52 bits per heavy atom. The van der Waals surface area contributed by atoms with Gasteiger partial charge in [0.1, 0.15) is 0 Å². The van der Waals surface area contributed by atoms with Crippen LogP contribution >= 0.6 is 0 Å². The van der Waals surface area contributed by atoms with Crippen LogP contribution in [0.1, 0.15) is 43.6 Å². The molecule has 0 fully saturated rings. The largest absolute Gasteiger partial charge is 0.314 e. The minimum atomic E-state index is 0.424. The molecule has 2 aromatic rings. The zero-order chi connectivity index (χ0) is 15.2. The molecule has 1 unspecified atom stereocenters. The second-order valence-corrected chi connectivity index (χ2v) is 5.97. The fourth-order valence-corrected chi connectivity index (χ4v) is 2.64. The van der Waals surface area contributed by atoms with E-state index in [9.17, 15) is 0 Å². The zero-order valence-electron chi connectivity index (χ0n) is 13.6. The molecule has 114 valence electrons. The van der Waals surface area contributed by atoms with Crippen LogP contribution in [0.5, 0.6) is 0 Å². The summed E-state index contributed by atoms with van der Waals surface area (Å²) in [5.74, 6) is 0. The molecule has 2 rings (SSSR count). The first-order chi connectivity index (χ1) is 10.1. The van der Waals surface area contributed by atoms with Gasteiger partial charge in [-0.05, 0) is 50.9 Å². The summed E-state index contributed by atoms with van der Waals surface area (Å²) in [6, 6.07) is 11.6. The molecule has 0 aliphatic carbocycles. The molecule has 0 radical (unpaired) electrons. The molecule has 0 bridgehead atoms. The molecule has 21 heavy (non-hydrogen) atoms. The predicted octanol–water partition coefficient (Wildman–Crippen LogP) is 3.54. The van der Waals surface area contributed by atoms with Crippen LogP contribution in [0.2, 0.25) is 0 Å². The van der Waals surface area contributed by atoms with Crippen molar-refractivity contribution in [1.82, 2.24) is 15.1 Å². The fourth-order valence-electron chi connectivity index (χ4n) is 2.64. The van der Waals surface area contributed by atoms with Gasteiger partial charge in [-0.2, -0.15) is 5.10 Å². The van der Waals surface area contributed by atoms with Gasteiger partial charge in [-0.3, -0.25) is 4.68 Å². The molecule has 1 aromatic heterocycles. The Labute approximate surface area is 128 Å². The number of hydrogen-bond donors (Lipinski definition) is 1. The highest BCUT2D eigenvalue weighted by Gasteiger charge is 2.13. The van der Waals surface area contributed by atoms with Crippen molar-refractivity contribution in [2.75, 3.05) is 6.54 Å². The summed E-state index contributed by atoms with van der Waals surface area (Å²) in [4.78, 5) is 0. The lowest BCUT2D eigenvalue weighted by atomic mass is 9.98. The molecule has 0 saturated heterocycles. The van der Waals surface area contributed by atoms with Gasteiger partial charge in [0.25, 0.3) is 0 Å². The Balaban J connectivity index is 2.06. The van der Waals surface area contributed by atoms with Crippen molar-refractivity contribution < 1.29 is 0 Å². The van der Waals surface area contributed by atoms with E-state index >= 15 is 0 Å². The second kappa shape index (κ2) is 7.41. The number of nitrogens with one attached hydrogen (secondary N) is 1. The molecule has 1 N–H and O–H groups in total. The average Bonchev–Trinajstić information content (AvgIpc) is 2.90. The fraction of sp³-hybridized carbons (Fsp3) is 0.500. The number of likely N-dealkylation sites (N-methyl/N-ethyl adjacent to an activating group) is 1. The van der Waals surface area contributed by atoms with Crippen LogP contribution in [-0.2, 0) is 12.8 Å². The molecule has 1 atom stereocenters. The number of benzene rings is 1. The zero-order valence-corrected chi connectivity index (χ0v) is 13.6. The van der Waals surface area contributed by atoms with Crippen LogP contribution in [0.15, 0.2) is 36.5 Å². The maximum Gasteiger partial charge on any atom is 0.0640 e. The third-order valence-corrected chi connectivity index (χ3v) is 3.87. The minimum Gasteiger partial charge on any atom is -0.314 e. The second-order valence-electron chi connectivity index (χ2n) is 5.97. The lowest BCUT2D eigenvalue weighted by molar-refractivity contribution is 0.494. The maximum atomic E-state index is 4.67. The van der Waals surface area contributed by atoms with E-state index in [0.29, 0.717) is 12.1 Å². The molecule has 1 aromatic carbocycles. The van der Waals surface area contributed by atoms with Gasteiger partial charge in [-0.1, -0.05) is 31.2 Å². The molecule has 0 saturated carbocycles. The van der Waals surface area contributed by atoms with Gasteiger partial charge < -0.3 is 5.32 Å². The summed E-state index contributed by atoms with van der Waals surface area (Å²) in [5, 5.41) is 8.27. The van der Waals surface area contributed by atoms with Crippen molar-refractivity contribution in [2.24, 2.45) is 0 Å². The van der Waals surface area contributed by atoms with Crippen LogP contribution in [0.4, 0.5) is 0 Å². The molecule has 0 aliphatic heterocycles. The topological polar surface area (TPSA) is 29.9 Å². The molecule has 1 heterocycles. The lowest BCUT2D eigenvalue weighted by Gasteiger charge is -2.18. The summed E-state index contributed by atoms with van der Waals surface area (Å²) < 4.78 is 2.03. The summed E-state index contributed by atoms with van der Waals surface area (Å²) in [7, 11) is 0. The minimum absolute atomic E-state index is 0.424. The Morgan fingerprint density at radius 2 is 1.90 bits per heavy atom. The third-order valence-electron chi connectivity index (χ3n) is 3.87. The van der Waals surface area contributed by atoms with Crippen molar-refractivity contribution in [3.05, 3.63) is 53.3 Å². The normalized spacial score (nSPS) is 12.8. The Morgan fingerprint density at radius 1 is 1.14 bits per heavy atom. The van der Waals surface area contributed by atoms with Crippen LogP contribution in [0.3, 0.4) is 0 Å². The highest BCUT2D eigenvalue weighted by molar-refractivity contribution is 5.26. The van der Waals surface area contributed by atoms with Crippen molar-refractivity contribution in [3.63, 3.8) is 0 Å². The van der Waals surface area contributed by atoms with Crippen molar-refractivity contribution >= 4 is 0 Å². The quantitative estimate of drug-likeness (QED) is 0.843. The van der Waals surface area contributed by atoms with Gasteiger partial charge in [0.15, 0.2) is 0 Å². The van der Waals surface area contributed by atoms with Gasteiger partial charge in [0.2, 0.25) is 0 Å². The predicted molar refractivity (Wildman–Crippen MR) is 88.7 cm³/mol. The molecule has 0 amide bonds. The average molecular weight is 285 g/mol. The van der Waals surface area contributed by atoms with Gasteiger partial charge in [-0.15, -0.1) is 0 Å². The molecule has 0 aliphatic rings. The van der Waals surface area contributed by atoms with Crippen LogP contribution in [0.25, 0.3) is 0 Å². The summed E-state index contributed by atoms with van der Waals surface area (Å²) in [6.45, 7) is 9.66. The smallest absolute Gasteiger partial charge is 0.0640 e. The first-order valence-corrected chi connectivity index (χ1v) is 7.92. The van der Waals surface area contributed by atoms with Crippen LogP contribution < -0.4 is 5.32 Å². The van der Waals surface area contributed by atoms with Crippen LogP contribution in [-0.4, -0.2) is 22.4 Å². The number of hydrogen-bond acceptors (Lipinski definition) is 2. The Bertz CT molecular complexity index is 557. The number of aryl methyl sites for hydroxylation is 1. The van der Waals surface area contributed by atoms with Gasteiger partial charge in [0.05, 0.1) is 5.69 Å². The number of nitrogens with zero attached hydrogens (tertiary/aromatic N) is 2. The maximum absolute atomic E-state index is 4.67. The van der Waals surface area contributed by atoms with E-state index in [2.05, 4.69) is 74.6 Å².